The zero-order chi connectivity index (χ0) is 12.1. The molecule has 1 rings (SSSR count). The second-order valence-electron chi connectivity index (χ2n) is 3.07. The highest BCUT2D eigenvalue weighted by Gasteiger charge is 2.15. The molecule has 0 radical (unpaired) electrons. The van der Waals surface area contributed by atoms with Gasteiger partial charge in [-0.05, 0) is 6.92 Å². The van der Waals surface area contributed by atoms with Crippen LogP contribution in [0, 0.1) is 0 Å². The van der Waals surface area contributed by atoms with Gasteiger partial charge in [-0.2, -0.15) is 0 Å². The summed E-state index contributed by atoms with van der Waals surface area (Å²) in [5.41, 5.74) is 0.196. The first-order valence-electron chi connectivity index (χ1n) is 4.76. The third-order valence-electron chi connectivity index (χ3n) is 2.21. The highest BCUT2D eigenvalue weighted by molar-refractivity contribution is 5.65. The number of aliphatic hydroxyl groups is 2. The van der Waals surface area contributed by atoms with E-state index in [0.717, 1.165) is 6.07 Å². The highest BCUT2D eigenvalue weighted by Crippen LogP contribution is 2.25. The Morgan fingerprint density at radius 3 is 2.69 bits per heavy atom. The van der Waals surface area contributed by atoms with E-state index >= 15 is 0 Å². The van der Waals surface area contributed by atoms with Crippen LogP contribution in [0.15, 0.2) is 21.4 Å². The molecule has 16 heavy (non-hydrogen) atoms. The van der Waals surface area contributed by atoms with Crippen molar-refractivity contribution in [3.63, 3.8) is 0 Å². The Balaban J connectivity index is 3.47. The van der Waals surface area contributed by atoms with E-state index < -0.39 is 5.63 Å². The van der Waals surface area contributed by atoms with Gasteiger partial charge < -0.3 is 19.4 Å². The summed E-state index contributed by atoms with van der Waals surface area (Å²) in [6, 6.07) is 1.15. The number of ether oxygens (including phenoxy) is 1. The molecule has 0 aromatic carbocycles. The average molecular weight is 226 g/mol. The molecule has 1 aromatic rings. The smallest absolute Gasteiger partial charge is 0.339 e. The summed E-state index contributed by atoms with van der Waals surface area (Å²) in [6.45, 7) is 1.09. The molecule has 0 bridgehead atoms. The lowest BCUT2D eigenvalue weighted by molar-refractivity contribution is 0.265. The predicted octanol–water partition coefficient (Wildman–Crippen LogP) is 0.536. The van der Waals surface area contributed by atoms with Gasteiger partial charge in [-0.15, -0.1) is 0 Å². The Hall–Kier alpha value is -1.59. The van der Waals surface area contributed by atoms with Crippen molar-refractivity contribution in [1.82, 2.24) is 0 Å². The fourth-order valence-electron chi connectivity index (χ4n) is 1.38. The molecule has 88 valence electrons. The number of hydrogen-bond acceptors (Lipinski definition) is 5. The van der Waals surface area contributed by atoms with Crippen LogP contribution in [-0.2, 0) is 6.61 Å². The topological polar surface area (TPSA) is 79.9 Å². The molecule has 1 aromatic heterocycles. The molecule has 2 N–H and O–H groups in total. The second kappa shape index (κ2) is 5.48. The summed E-state index contributed by atoms with van der Waals surface area (Å²) < 4.78 is 9.93. The maximum Gasteiger partial charge on any atom is 0.339 e. The highest BCUT2D eigenvalue weighted by atomic mass is 16.5. The van der Waals surface area contributed by atoms with E-state index in [4.69, 9.17) is 14.3 Å². The minimum atomic E-state index is -0.586. The van der Waals surface area contributed by atoms with E-state index in [0.29, 0.717) is 11.1 Å². The lowest BCUT2D eigenvalue weighted by Gasteiger charge is -2.10. The van der Waals surface area contributed by atoms with Gasteiger partial charge >= 0.3 is 5.63 Å². The molecule has 0 unspecified atom stereocenters. The monoisotopic (exact) mass is 226 g/mol. The zero-order valence-corrected chi connectivity index (χ0v) is 9.19. The molecule has 0 saturated heterocycles. The number of allylic oxidation sites excluding steroid dienone is 1. The van der Waals surface area contributed by atoms with Crippen LogP contribution in [-0.4, -0.2) is 23.9 Å². The first-order chi connectivity index (χ1) is 7.67. The number of rotatable bonds is 4. The van der Waals surface area contributed by atoms with Crippen LogP contribution in [0.3, 0.4) is 0 Å². The normalized spacial score (nSPS) is 11.6. The summed E-state index contributed by atoms with van der Waals surface area (Å²) in [7, 11) is 1.39. The molecular weight excluding hydrogens is 212 g/mol. The van der Waals surface area contributed by atoms with Crippen molar-refractivity contribution in [3.8, 4) is 5.75 Å². The molecule has 5 heteroatoms. The van der Waals surface area contributed by atoms with Gasteiger partial charge in [0.1, 0.15) is 11.5 Å². The lowest BCUT2D eigenvalue weighted by Crippen LogP contribution is -2.08. The Morgan fingerprint density at radius 2 is 2.25 bits per heavy atom. The van der Waals surface area contributed by atoms with Crippen LogP contribution in [0.1, 0.15) is 18.2 Å². The van der Waals surface area contributed by atoms with Gasteiger partial charge in [0.15, 0.2) is 0 Å². The molecule has 0 aliphatic heterocycles. The summed E-state index contributed by atoms with van der Waals surface area (Å²) in [5, 5.41) is 18.3. The van der Waals surface area contributed by atoms with Crippen molar-refractivity contribution in [2.24, 2.45) is 0 Å². The number of hydrogen-bond donors (Lipinski definition) is 2. The lowest BCUT2D eigenvalue weighted by atomic mass is 10.1. The van der Waals surface area contributed by atoms with Crippen LogP contribution in [0.25, 0.3) is 5.57 Å². The fourth-order valence-corrected chi connectivity index (χ4v) is 1.38. The molecule has 5 nitrogen and oxygen atoms in total. The fraction of sp³-hybridized carbons (Fsp3) is 0.364. The SMILES string of the molecule is C/C=C(\CO)c1oc(=O)cc(OC)c1CO. The Morgan fingerprint density at radius 1 is 1.56 bits per heavy atom. The van der Waals surface area contributed by atoms with E-state index in [9.17, 15) is 9.90 Å². The van der Waals surface area contributed by atoms with Gasteiger partial charge in [0, 0.05) is 5.57 Å². The van der Waals surface area contributed by atoms with Crippen LogP contribution >= 0.6 is 0 Å². The quantitative estimate of drug-likeness (QED) is 0.783. The molecular formula is C11H14O5. The Labute approximate surface area is 92.6 Å². The van der Waals surface area contributed by atoms with Gasteiger partial charge in [-0.3, -0.25) is 0 Å². The standard InChI is InChI=1S/C11H14O5/c1-3-7(5-12)11-8(6-13)9(15-2)4-10(14)16-11/h3-4,12-13H,5-6H2,1-2H3/b7-3+. The molecule has 0 aliphatic carbocycles. The van der Waals surface area contributed by atoms with Crippen molar-refractivity contribution < 1.29 is 19.4 Å². The van der Waals surface area contributed by atoms with Crippen molar-refractivity contribution >= 4 is 5.57 Å². The van der Waals surface area contributed by atoms with Gasteiger partial charge in [0.25, 0.3) is 0 Å². The molecule has 0 spiro atoms. The first-order valence-corrected chi connectivity index (χ1v) is 4.76. The van der Waals surface area contributed by atoms with Crippen LogP contribution in [0.2, 0.25) is 0 Å². The van der Waals surface area contributed by atoms with Crippen LogP contribution < -0.4 is 10.4 Å². The first kappa shape index (κ1) is 12.5. The zero-order valence-electron chi connectivity index (χ0n) is 9.19. The van der Waals surface area contributed by atoms with E-state index in [2.05, 4.69) is 0 Å². The van der Waals surface area contributed by atoms with Gasteiger partial charge in [-0.1, -0.05) is 6.08 Å². The largest absolute Gasteiger partial charge is 0.496 e. The van der Waals surface area contributed by atoms with Gasteiger partial charge in [-0.25, -0.2) is 4.79 Å². The van der Waals surface area contributed by atoms with E-state index in [1.807, 2.05) is 0 Å². The van der Waals surface area contributed by atoms with E-state index in [1.54, 1.807) is 13.0 Å². The van der Waals surface area contributed by atoms with Crippen LogP contribution in [0.4, 0.5) is 0 Å². The van der Waals surface area contributed by atoms with E-state index in [-0.39, 0.29) is 24.7 Å². The molecule has 0 atom stereocenters. The number of methoxy groups -OCH3 is 1. The maximum absolute atomic E-state index is 11.2. The van der Waals surface area contributed by atoms with Crippen molar-refractivity contribution in [3.05, 3.63) is 33.9 Å². The summed E-state index contributed by atoms with van der Waals surface area (Å²) >= 11 is 0. The third kappa shape index (κ3) is 2.32. The molecule has 1 heterocycles. The molecule has 0 amide bonds. The van der Waals surface area contributed by atoms with Gasteiger partial charge in [0.2, 0.25) is 0 Å². The molecule has 0 saturated carbocycles. The molecule has 0 fully saturated rings. The summed E-state index contributed by atoms with van der Waals surface area (Å²) in [4.78, 5) is 11.2. The Bertz CT molecular complexity index is 444. The third-order valence-corrected chi connectivity index (χ3v) is 2.21. The predicted molar refractivity (Wildman–Crippen MR) is 58.2 cm³/mol. The maximum atomic E-state index is 11.2. The minimum absolute atomic E-state index is 0.164. The Kier molecular flexibility index (Phi) is 4.28. The van der Waals surface area contributed by atoms with Crippen LogP contribution in [0.5, 0.6) is 5.75 Å². The van der Waals surface area contributed by atoms with Crippen molar-refractivity contribution in [2.75, 3.05) is 13.7 Å². The van der Waals surface area contributed by atoms with Crippen molar-refractivity contribution in [1.29, 1.82) is 0 Å². The van der Waals surface area contributed by atoms with E-state index in [1.165, 1.54) is 7.11 Å². The summed E-state index contributed by atoms with van der Waals surface area (Å²) in [5.74, 6) is 0.415. The minimum Gasteiger partial charge on any atom is -0.496 e. The van der Waals surface area contributed by atoms with Gasteiger partial charge in [0.05, 0.1) is 32.0 Å². The molecule has 0 aliphatic rings. The average Bonchev–Trinajstić information content (AvgIpc) is 2.30. The second-order valence-corrected chi connectivity index (χ2v) is 3.07. The van der Waals surface area contributed by atoms with Crippen molar-refractivity contribution in [2.45, 2.75) is 13.5 Å². The number of aliphatic hydroxyl groups excluding tert-OH is 2. The summed E-state index contributed by atoms with van der Waals surface area (Å²) in [6.07, 6.45) is 1.61.